The van der Waals surface area contributed by atoms with E-state index in [1.165, 1.54) is 23.5 Å². The van der Waals surface area contributed by atoms with Crippen LogP contribution in [0.1, 0.15) is 32.5 Å². The molecule has 0 bridgehead atoms. The third-order valence-corrected chi connectivity index (χ3v) is 6.60. The van der Waals surface area contributed by atoms with Gasteiger partial charge in [-0.05, 0) is 26.0 Å². The maximum atomic E-state index is 12.1. The van der Waals surface area contributed by atoms with Crippen LogP contribution in [0.25, 0.3) is 0 Å². The van der Waals surface area contributed by atoms with E-state index in [1.807, 2.05) is 6.92 Å². The summed E-state index contributed by atoms with van der Waals surface area (Å²) in [5.74, 6) is -1.14. The van der Waals surface area contributed by atoms with Gasteiger partial charge in [-0.25, -0.2) is 22.9 Å². The lowest BCUT2D eigenvalue weighted by molar-refractivity contribution is 0.0702. The van der Waals surface area contributed by atoms with Crippen LogP contribution in [0.15, 0.2) is 22.5 Å². The van der Waals surface area contributed by atoms with Crippen LogP contribution in [-0.2, 0) is 10.0 Å². The average Bonchev–Trinajstić information content (AvgIpc) is 2.96. The van der Waals surface area contributed by atoms with Gasteiger partial charge in [-0.1, -0.05) is 0 Å². The molecule has 9 heteroatoms. The molecule has 0 fully saturated rings. The van der Waals surface area contributed by atoms with Gasteiger partial charge in [0.1, 0.15) is 14.1 Å². The van der Waals surface area contributed by atoms with Crippen LogP contribution in [0.4, 0.5) is 0 Å². The minimum absolute atomic E-state index is 0.0110. The second-order valence-corrected chi connectivity index (χ2v) is 8.37. The zero-order chi connectivity index (χ0) is 14.9. The predicted octanol–water partition coefficient (Wildman–Crippen LogP) is 2.25. The highest BCUT2D eigenvalue weighted by Gasteiger charge is 2.23. The van der Waals surface area contributed by atoms with E-state index in [0.717, 1.165) is 16.2 Å². The van der Waals surface area contributed by atoms with Crippen molar-refractivity contribution in [1.82, 2.24) is 9.71 Å². The van der Waals surface area contributed by atoms with Crippen molar-refractivity contribution in [1.29, 1.82) is 0 Å². The van der Waals surface area contributed by atoms with Crippen LogP contribution in [0.5, 0.6) is 0 Å². The third-order valence-electron chi connectivity index (χ3n) is 2.40. The lowest BCUT2D eigenvalue weighted by Gasteiger charge is -2.10. The summed E-state index contributed by atoms with van der Waals surface area (Å²) in [6.45, 7) is 3.59. The van der Waals surface area contributed by atoms with Crippen molar-refractivity contribution in [3.63, 3.8) is 0 Å². The number of carboxylic acids is 1. The number of nitrogens with zero attached hydrogens (tertiary/aromatic N) is 1. The minimum atomic E-state index is -3.74. The number of hydrogen-bond donors (Lipinski definition) is 2. The number of aromatic carboxylic acids is 1. The molecule has 1 atom stereocenters. The molecule has 2 rings (SSSR count). The lowest BCUT2D eigenvalue weighted by atomic mass is 10.4. The fourth-order valence-electron chi connectivity index (χ4n) is 1.49. The van der Waals surface area contributed by atoms with Gasteiger partial charge in [-0.3, -0.25) is 0 Å². The van der Waals surface area contributed by atoms with E-state index < -0.39 is 22.0 Å². The Kier molecular flexibility index (Phi) is 4.23. The molecule has 1 unspecified atom stereocenters. The Morgan fingerprint density at radius 1 is 1.40 bits per heavy atom. The first-order valence-corrected chi connectivity index (χ1v) is 8.69. The van der Waals surface area contributed by atoms with Crippen LogP contribution < -0.4 is 4.72 Å². The molecular weight excluding hydrogens is 320 g/mol. The second-order valence-electron chi connectivity index (χ2n) is 4.08. The molecule has 20 heavy (non-hydrogen) atoms. The summed E-state index contributed by atoms with van der Waals surface area (Å²) in [5.41, 5.74) is 0. The minimum Gasteiger partial charge on any atom is -0.477 e. The summed E-state index contributed by atoms with van der Waals surface area (Å²) in [6.07, 6.45) is 1.68. The molecule has 108 valence electrons. The molecular formula is C11H12N2O4S3. The Morgan fingerprint density at radius 3 is 2.60 bits per heavy atom. The summed E-state index contributed by atoms with van der Waals surface area (Å²) in [6, 6.07) is 2.10. The van der Waals surface area contributed by atoms with E-state index in [-0.39, 0.29) is 9.09 Å². The molecule has 0 aliphatic rings. The largest absolute Gasteiger partial charge is 0.477 e. The summed E-state index contributed by atoms with van der Waals surface area (Å²) < 4.78 is 26.8. The van der Waals surface area contributed by atoms with Gasteiger partial charge in [0.2, 0.25) is 0 Å². The van der Waals surface area contributed by atoms with Crippen molar-refractivity contribution >= 4 is 38.7 Å². The molecule has 0 radical (unpaired) electrons. The van der Waals surface area contributed by atoms with Crippen molar-refractivity contribution in [3.05, 3.63) is 33.1 Å². The second kappa shape index (κ2) is 5.60. The van der Waals surface area contributed by atoms with E-state index in [4.69, 9.17) is 5.11 Å². The molecule has 0 spiro atoms. The quantitative estimate of drug-likeness (QED) is 0.875. The number of thiophene rings is 1. The number of carboxylic acid groups (broad SMARTS) is 1. The number of aryl methyl sites for hydroxylation is 1. The highest BCUT2D eigenvalue weighted by Crippen LogP contribution is 2.25. The Hall–Kier alpha value is -1.29. The number of rotatable bonds is 5. The zero-order valence-corrected chi connectivity index (χ0v) is 13.1. The van der Waals surface area contributed by atoms with Gasteiger partial charge in [0.05, 0.1) is 6.04 Å². The van der Waals surface area contributed by atoms with Crippen LogP contribution in [0, 0.1) is 6.92 Å². The van der Waals surface area contributed by atoms with Crippen molar-refractivity contribution in [2.45, 2.75) is 24.1 Å². The number of thiazole rings is 1. The number of hydrogen-bond acceptors (Lipinski definition) is 6. The van der Waals surface area contributed by atoms with Gasteiger partial charge >= 0.3 is 5.97 Å². The van der Waals surface area contributed by atoms with E-state index in [2.05, 4.69) is 9.71 Å². The number of nitrogens with one attached hydrogen (secondary N) is 1. The summed E-state index contributed by atoms with van der Waals surface area (Å²) in [5, 5.41) is 9.48. The summed E-state index contributed by atoms with van der Waals surface area (Å²) >= 11 is 2.14. The molecule has 0 amide bonds. The molecule has 0 aliphatic heterocycles. The monoisotopic (exact) mass is 332 g/mol. The maximum absolute atomic E-state index is 12.1. The van der Waals surface area contributed by atoms with Gasteiger partial charge < -0.3 is 5.11 Å². The highest BCUT2D eigenvalue weighted by atomic mass is 32.2. The average molecular weight is 332 g/mol. The molecule has 0 aliphatic carbocycles. The van der Waals surface area contributed by atoms with Gasteiger partial charge in [0.25, 0.3) is 10.0 Å². The highest BCUT2D eigenvalue weighted by molar-refractivity contribution is 7.91. The van der Waals surface area contributed by atoms with Gasteiger partial charge in [0, 0.05) is 11.1 Å². The van der Waals surface area contributed by atoms with E-state index in [1.54, 1.807) is 13.1 Å². The third kappa shape index (κ3) is 3.23. The van der Waals surface area contributed by atoms with Crippen molar-refractivity contribution in [2.75, 3.05) is 0 Å². The van der Waals surface area contributed by atoms with Crippen molar-refractivity contribution in [3.8, 4) is 0 Å². The molecule has 2 heterocycles. The molecule has 0 aromatic carbocycles. The van der Waals surface area contributed by atoms with Crippen LogP contribution in [0.3, 0.4) is 0 Å². The van der Waals surface area contributed by atoms with Crippen molar-refractivity contribution < 1.29 is 18.3 Å². The predicted molar refractivity (Wildman–Crippen MR) is 76.9 cm³/mol. The Balaban J connectivity index is 2.20. The Bertz CT molecular complexity index is 732. The number of carbonyl (C=O) groups is 1. The molecule has 6 nitrogen and oxygen atoms in total. The van der Waals surface area contributed by atoms with Crippen LogP contribution in [0.2, 0.25) is 0 Å². The topological polar surface area (TPSA) is 96.4 Å². The smallest absolute Gasteiger partial charge is 0.345 e. The van der Waals surface area contributed by atoms with Gasteiger partial charge in [0.15, 0.2) is 0 Å². The van der Waals surface area contributed by atoms with E-state index >= 15 is 0 Å². The molecule has 0 saturated heterocycles. The summed E-state index contributed by atoms with van der Waals surface area (Å²) in [7, 11) is -3.74. The fourth-order valence-corrected chi connectivity index (χ4v) is 4.71. The molecule has 0 saturated carbocycles. The van der Waals surface area contributed by atoms with E-state index in [0.29, 0.717) is 5.01 Å². The SMILES string of the molecule is Cc1cnc(C(C)NS(=O)(=O)c2ccc(C(=O)O)s2)s1. The molecule has 2 aromatic rings. The normalized spacial score (nSPS) is 13.3. The molecule has 2 N–H and O–H groups in total. The Morgan fingerprint density at radius 2 is 2.10 bits per heavy atom. The van der Waals surface area contributed by atoms with Crippen LogP contribution >= 0.6 is 22.7 Å². The van der Waals surface area contributed by atoms with Gasteiger partial charge in [-0.15, -0.1) is 22.7 Å². The zero-order valence-electron chi connectivity index (χ0n) is 10.7. The Labute approximate surface area is 124 Å². The summed E-state index contributed by atoms with van der Waals surface area (Å²) in [4.78, 5) is 15.9. The van der Waals surface area contributed by atoms with E-state index in [9.17, 15) is 13.2 Å². The van der Waals surface area contributed by atoms with Crippen LogP contribution in [-0.4, -0.2) is 24.5 Å². The van der Waals surface area contributed by atoms with Gasteiger partial charge in [-0.2, -0.15) is 0 Å². The lowest BCUT2D eigenvalue weighted by Crippen LogP contribution is -2.26. The molecule has 2 aromatic heterocycles. The fraction of sp³-hybridized carbons (Fsp3) is 0.273. The maximum Gasteiger partial charge on any atom is 0.345 e. The number of aromatic nitrogens is 1. The first kappa shape index (κ1) is 15.1. The number of sulfonamides is 1. The van der Waals surface area contributed by atoms with Crippen molar-refractivity contribution in [2.24, 2.45) is 0 Å². The standard InChI is InChI=1S/C11H12N2O4S3/c1-6-5-12-10(18-6)7(2)13-20(16,17)9-4-3-8(19-9)11(14)15/h3-5,7,13H,1-2H3,(H,14,15). The first-order chi connectivity index (χ1) is 9.29. The first-order valence-electron chi connectivity index (χ1n) is 5.57.